The van der Waals surface area contributed by atoms with E-state index in [1.165, 1.54) is 4.68 Å². The van der Waals surface area contributed by atoms with Crippen LogP contribution in [-0.2, 0) is 0 Å². The molecule has 0 atom stereocenters. The first-order valence-corrected chi connectivity index (χ1v) is 6.96. The minimum atomic E-state index is -1.03. The summed E-state index contributed by atoms with van der Waals surface area (Å²) in [6.07, 6.45) is 3.30. The number of aromatic carboxylic acids is 1. The third-order valence-electron chi connectivity index (χ3n) is 3.02. The largest absolute Gasteiger partial charge is 0.477 e. The number of carboxylic acids is 1. The van der Waals surface area contributed by atoms with Gasteiger partial charge in [-0.2, -0.15) is 10.2 Å². The number of rotatable bonds is 3. The predicted octanol–water partition coefficient (Wildman–Crippen LogP) is 2.83. The van der Waals surface area contributed by atoms with Crippen LogP contribution in [0.1, 0.15) is 16.1 Å². The number of halogens is 1. The van der Waals surface area contributed by atoms with E-state index in [1.54, 1.807) is 24.0 Å². The van der Waals surface area contributed by atoms with Crippen molar-refractivity contribution in [1.82, 2.24) is 19.6 Å². The van der Waals surface area contributed by atoms with Gasteiger partial charge in [-0.25, -0.2) is 14.2 Å². The fourth-order valence-corrected chi connectivity index (χ4v) is 2.43. The molecule has 0 saturated carbocycles. The molecule has 0 aliphatic rings. The number of aryl methyl sites for hydroxylation is 1. The van der Waals surface area contributed by atoms with Gasteiger partial charge in [0.1, 0.15) is 5.56 Å². The van der Waals surface area contributed by atoms with E-state index in [9.17, 15) is 9.90 Å². The molecule has 106 valence electrons. The molecule has 0 unspecified atom stereocenters. The van der Waals surface area contributed by atoms with Crippen molar-refractivity contribution in [3.05, 3.63) is 58.5 Å². The Morgan fingerprint density at radius 2 is 2.00 bits per heavy atom. The van der Waals surface area contributed by atoms with Crippen LogP contribution in [0.5, 0.6) is 0 Å². The molecule has 2 aromatic heterocycles. The normalized spacial score (nSPS) is 10.8. The Morgan fingerprint density at radius 3 is 2.57 bits per heavy atom. The van der Waals surface area contributed by atoms with Gasteiger partial charge in [0, 0.05) is 6.20 Å². The summed E-state index contributed by atoms with van der Waals surface area (Å²) >= 11 is 3.32. The minimum Gasteiger partial charge on any atom is -0.477 e. The highest BCUT2D eigenvalue weighted by Crippen LogP contribution is 2.23. The second kappa shape index (κ2) is 5.17. The standard InChI is InChI=1S/C14H11BrN4O2/c1-9-12(14(20)21)13(18-8-10(15)7-16-18)19(17-9)11-5-3-2-4-6-11/h2-8H,1H3,(H,20,21). The molecule has 0 aliphatic carbocycles. The molecule has 3 rings (SSSR count). The minimum absolute atomic E-state index is 0.134. The van der Waals surface area contributed by atoms with Crippen molar-refractivity contribution in [2.24, 2.45) is 0 Å². The van der Waals surface area contributed by atoms with E-state index >= 15 is 0 Å². The molecule has 7 heteroatoms. The van der Waals surface area contributed by atoms with Crippen molar-refractivity contribution in [3.8, 4) is 11.5 Å². The molecular formula is C14H11BrN4O2. The van der Waals surface area contributed by atoms with Crippen LogP contribution < -0.4 is 0 Å². The summed E-state index contributed by atoms with van der Waals surface area (Å²) in [6.45, 7) is 1.67. The number of nitrogens with zero attached hydrogens (tertiary/aromatic N) is 4. The third-order valence-corrected chi connectivity index (χ3v) is 3.43. The SMILES string of the molecule is Cc1nn(-c2ccccc2)c(-n2cc(Br)cn2)c1C(=O)O. The van der Waals surface area contributed by atoms with Crippen LogP contribution in [0.4, 0.5) is 0 Å². The van der Waals surface area contributed by atoms with Crippen LogP contribution in [0.2, 0.25) is 0 Å². The molecule has 0 fully saturated rings. The average molecular weight is 347 g/mol. The van der Waals surface area contributed by atoms with E-state index in [4.69, 9.17) is 0 Å². The average Bonchev–Trinajstić information content (AvgIpc) is 3.03. The maximum atomic E-state index is 11.6. The summed E-state index contributed by atoms with van der Waals surface area (Å²) in [7, 11) is 0. The summed E-state index contributed by atoms with van der Waals surface area (Å²) < 4.78 is 3.84. The van der Waals surface area contributed by atoms with Gasteiger partial charge in [0.05, 0.1) is 22.1 Å². The van der Waals surface area contributed by atoms with E-state index in [-0.39, 0.29) is 5.56 Å². The molecule has 2 heterocycles. The van der Waals surface area contributed by atoms with Crippen molar-refractivity contribution in [1.29, 1.82) is 0 Å². The molecule has 6 nitrogen and oxygen atoms in total. The molecule has 0 aliphatic heterocycles. The van der Waals surface area contributed by atoms with E-state index in [0.717, 1.165) is 10.2 Å². The first kappa shape index (κ1) is 13.6. The fourth-order valence-electron chi connectivity index (χ4n) is 2.14. The van der Waals surface area contributed by atoms with Gasteiger partial charge in [0.15, 0.2) is 5.82 Å². The molecule has 0 radical (unpaired) electrons. The molecule has 0 amide bonds. The number of hydrogen-bond acceptors (Lipinski definition) is 3. The third kappa shape index (κ3) is 2.36. The number of carbonyl (C=O) groups is 1. The Labute approximate surface area is 128 Å². The van der Waals surface area contributed by atoms with Crippen molar-refractivity contribution < 1.29 is 9.90 Å². The fraction of sp³-hybridized carbons (Fsp3) is 0.0714. The molecule has 0 saturated heterocycles. The highest BCUT2D eigenvalue weighted by Gasteiger charge is 2.23. The molecule has 3 aromatic rings. The number of hydrogen-bond donors (Lipinski definition) is 1. The maximum absolute atomic E-state index is 11.6. The first-order chi connectivity index (χ1) is 10.1. The topological polar surface area (TPSA) is 72.9 Å². The second-order valence-corrected chi connectivity index (χ2v) is 5.36. The zero-order chi connectivity index (χ0) is 15.0. The Morgan fingerprint density at radius 1 is 1.29 bits per heavy atom. The maximum Gasteiger partial charge on any atom is 0.341 e. The summed E-state index contributed by atoms with van der Waals surface area (Å²) in [5.41, 5.74) is 1.34. The van der Waals surface area contributed by atoms with Crippen LogP contribution >= 0.6 is 15.9 Å². The van der Waals surface area contributed by atoms with Crippen LogP contribution in [0.15, 0.2) is 47.2 Å². The molecule has 0 bridgehead atoms. The smallest absolute Gasteiger partial charge is 0.341 e. The van der Waals surface area contributed by atoms with Gasteiger partial charge < -0.3 is 5.11 Å². The zero-order valence-electron chi connectivity index (χ0n) is 11.1. The van der Waals surface area contributed by atoms with Crippen molar-refractivity contribution in [3.63, 3.8) is 0 Å². The number of carboxylic acid groups (broad SMARTS) is 1. The Bertz CT molecular complexity index is 808. The second-order valence-electron chi connectivity index (χ2n) is 4.44. The highest BCUT2D eigenvalue weighted by molar-refractivity contribution is 9.10. The van der Waals surface area contributed by atoms with E-state index in [1.807, 2.05) is 30.3 Å². The van der Waals surface area contributed by atoms with Crippen LogP contribution in [0.3, 0.4) is 0 Å². The van der Waals surface area contributed by atoms with Crippen LogP contribution in [0.25, 0.3) is 11.5 Å². The quantitative estimate of drug-likeness (QED) is 0.791. The summed E-state index contributed by atoms with van der Waals surface area (Å²) in [4.78, 5) is 11.6. The first-order valence-electron chi connectivity index (χ1n) is 6.17. The van der Waals surface area contributed by atoms with Gasteiger partial charge in [0.25, 0.3) is 0 Å². The van der Waals surface area contributed by atoms with Gasteiger partial charge >= 0.3 is 5.97 Å². The summed E-state index contributed by atoms with van der Waals surface area (Å²) in [5.74, 6) is -0.631. The predicted molar refractivity (Wildman–Crippen MR) is 80.1 cm³/mol. The molecule has 1 aromatic carbocycles. The molecular weight excluding hydrogens is 336 g/mol. The Balaban J connectivity index is 2.31. The molecule has 21 heavy (non-hydrogen) atoms. The van der Waals surface area contributed by atoms with Gasteiger partial charge in [-0.15, -0.1) is 0 Å². The van der Waals surface area contributed by atoms with Crippen molar-refractivity contribution in [2.45, 2.75) is 6.92 Å². The monoisotopic (exact) mass is 346 g/mol. The van der Waals surface area contributed by atoms with Crippen molar-refractivity contribution >= 4 is 21.9 Å². The molecule has 1 N–H and O–H groups in total. The summed E-state index contributed by atoms with van der Waals surface area (Å²) in [5, 5.41) is 18.0. The van der Waals surface area contributed by atoms with Gasteiger partial charge in [-0.1, -0.05) is 18.2 Å². The van der Waals surface area contributed by atoms with E-state index < -0.39 is 5.97 Å². The Kier molecular flexibility index (Phi) is 3.34. The van der Waals surface area contributed by atoms with Crippen LogP contribution in [0, 0.1) is 6.92 Å². The lowest BCUT2D eigenvalue weighted by molar-refractivity contribution is 0.0696. The number of para-hydroxylation sites is 1. The molecule has 0 spiro atoms. The number of benzene rings is 1. The summed E-state index contributed by atoms with van der Waals surface area (Å²) in [6, 6.07) is 9.35. The lowest BCUT2D eigenvalue weighted by atomic mass is 10.2. The Hall–Kier alpha value is -2.41. The lowest BCUT2D eigenvalue weighted by Crippen LogP contribution is -2.10. The van der Waals surface area contributed by atoms with Gasteiger partial charge in [-0.3, -0.25) is 0 Å². The number of aromatic nitrogens is 4. The van der Waals surface area contributed by atoms with E-state index in [0.29, 0.717) is 11.5 Å². The lowest BCUT2D eigenvalue weighted by Gasteiger charge is -2.08. The van der Waals surface area contributed by atoms with Gasteiger partial charge in [0.2, 0.25) is 0 Å². The van der Waals surface area contributed by atoms with Gasteiger partial charge in [-0.05, 0) is 35.0 Å². The highest BCUT2D eigenvalue weighted by atomic mass is 79.9. The van der Waals surface area contributed by atoms with Crippen molar-refractivity contribution in [2.75, 3.05) is 0 Å². The van der Waals surface area contributed by atoms with Crippen LogP contribution in [-0.4, -0.2) is 30.6 Å². The zero-order valence-corrected chi connectivity index (χ0v) is 12.6. The van der Waals surface area contributed by atoms with E-state index in [2.05, 4.69) is 26.1 Å².